The minimum absolute atomic E-state index is 0.180. The first-order valence-corrected chi connectivity index (χ1v) is 10.3. The Kier molecular flexibility index (Phi) is 5.13. The summed E-state index contributed by atoms with van der Waals surface area (Å²) in [6, 6.07) is 11.3. The highest BCUT2D eigenvalue weighted by atomic mass is 32.2. The quantitative estimate of drug-likeness (QED) is 0.269. The number of thioether (sulfide) groups is 1. The number of nitrogens with zero attached hydrogens (tertiary/aromatic N) is 3. The van der Waals surface area contributed by atoms with Crippen molar-refractivity contribution in [3.8, 4) is 0 Å². The van der Waals surface area contributed by atoms with Crippen LogP contribution < -0.4 is 0 Å². The molecule has 0 spiro atoms. The van der Waals surface area contributed by atoms with E-state index in [-0.39, 0.29) is 11.8 Å². The Morgan fingerprint density at radius 3 is 2.32 bits per heavy atom. The molecule has 2 amide bonds. The van der Waals surface area contributed by atoms with Gasteiger partial charge in [-0.05, 0) is 67.8 Å². The van der Waals surface area contributed by atoms with Gasteiger partial charge in [0, 0.05) is 11.9 Å². The molecule has 0 atom stereocenters. The summed E-state index contributed by atoms with van der Waals surface area (Å²) in [4.78, 5) is 34.9. The average Bonchev–Trinajstić information content (AvgIpc) is 2.94. The molecular weight excluding hydrogens is 370 g/mol. The Bertz CT molecular complexity index is 1050. The molecule has 4 rings (SSSR count). The number of hydrogen-bond donors (Lipinski definition) is 0. The van der Waals surface area contributed by atoms with Crippen LogP contribution >= 0.6 is 11.8 Å². The average molecular weight is 391 g/mol. The second kappa shape index (κ2) is 7.72. The molecule has 2 heterocycles. The van der Waals surface area contributed by atoms with Crippen LogP contribution in [0.4, 0.5) is 0 Å². The van der Waals surface area contributed by atoms with Crippen LogP contribution in [0.3, 0.4) is 0 Å². The first-order valence-electron chi connectivity index (χ1n) is 9.36. The van der Waals surface area contributed by atoms with Crippen molar-refractivity contribution in [3.05, 3.63) is 65.0 Å². The summed E-state index contributed by atoms with van der Waals surface area (Å²) in [6.07, 6.45) is 3.28. The van der Waals surface area contributed by atoms with Crippen molar-refractivity contribution in [2.45, 2.75) is 31.7 Å². The predicted octanol–water partition coefficient (Wildman–Crippen LogP) is 4.42. The van der Waals surface area contributed by atoms with Crippen molar-refractivity contribution in [1.29, 1.82) is 0 Å². The molecule has 0 radical (unpaired) electrons. The Morgan fingerprint density at radius 2 is 1.61 bits per heavy atom. The number of rotatable bonds is 6. The lowest BCUT2D eigenvalue weighted by atomic mass is 10.1. The summed E-state index contributed by atoms with van der Waals surface area (Å²) < 4.78 is 0. The second-order valence-corrected chi connectivity index (χ2v) is 8.08. The maximum absolute atomic E-state index is 12.4. The van der Waals surface area contributed by atoms with Gasteiger partial charge in [0.15, 0.2) is 0 Å². The molecule has 6 heteroatoms. The van der Waals surface area contributed by atoms with Crippen LogP contribution in [0.15, 0.2) is 47.8 Å². The van der Waals surface area contributed by atoms with Gasteiger partial charge in [0.25, 0.3) is 11.8 Å². The van der Waals surface area contributed by atoms with Crippen LogP contribution in [0.2, 0.25) is 0 Å². The molecule has 0 saturated carbocycles. The Morgan fingerprint density at radius 1 is 0.929 bits per heavy atom. The van der Waals surface area contributed by atoms with Crippen molar-refractivity contribution in [1.82, 2.24) is 14.9 Å². The molecule has 0 N–H and O–H groups in total. The van der Waals surface area contributed by atoms with E-state index in [1.807, 2.05) is 0 Å². The molecule has 1 aliphatic rings. The number of carbonyl (C=O) groups is 2. The highest BCUT2D eigenvalue weighted by Crippen LogP contribution is 2.28. The van der Waals surface area contributed by atoms with E-state index in [2.05, 4.69) is 35.9 Å². The summed E-state index contributed by atoms with van der Waals surface area (Å²) in [6.45, 7) is 4.64. The number of benzene rings is 2. The van der Waals surface area contributed by atoms with Crippen LogP contribution in [-0.4, -0.2) is 39.0 Å². The van der Waals surface area contributed by atoms with E-state index in [1.54, 1.807) is 42.4 Å². The van der Waals surface area contributed by atoms with E-state index < -0.39 is 0 Å². The number of fused-ring (bicyclic) bond motifs is 2. The lowest BCUT2D eigenvalue weighted by Gasteiger charge is -2.13. The number of amides is 2. The monoisotopic (exact) mass is 391 g/mol. The third-order valence-electron chi connectivity index (χ3n) is 5.11. The number of carbonyl (C=O) groups excluding carboxylic acids is 2. The second-order valence-electron chi connectivity index (χ2n) is 7.00. The molecule has 2 aromatic carbocycles. The van der Waals surface area contributed by atoms with E-state index >= 15 is 0 Å². The molecule has 1 aromatic heterocycles. The summed E-state index contributed by atoms with van der Waals surface area (Å²) in [5.41, 5.74) is 4.45. The first kappa shape index (κ1) is 18.6. The third kappa shape index (κ3) is 3.40. The van der Waals surface area contributed by atoms with E-state index in [0.29, 0.717) is 17.7 Å². The number of aromatic nitrogens is 2. The van der Waals surface area contributed by atoms with Gasteiger partial charge in [0.1, 0.15) is 11.4 Å². The molecule has 5 nitrogen and oxygen atoms in total. The summed E-state index contributed by atoms with van der Waals surface area (Å²) in [5, 5.41) is 2.06. The maximum Gasteiger partial charge on any atom is 0.261 e. The molecule has 0 bridgehead atoms. The molecule has 0 saturated heterocycles. The normalized spacial score (nSPS) is 13.4. The van der Waals surface area contributed by atoms with Gasteiger partial charge in [0.05, 0.1) is 16.6 Å². The van der Waals surface area contributed by atoms with E-state index in [9.17, 15) is 9.59 Å². The third-order valence-corrected chi connectivity index (χ3v) is 6.20. The fourth-order valence-corrected chi connectivity index (χ4v) is 4.37. The SMILES string of the molecule is Cc1cc2ncnc(SCCCCN3C(=O)c4ccccc4C3=O)c2cc1C. The lowest BCUT2D eigenvalue weighted by molar-refractivity contribution is 0.0652. The van der Waals surface area contributed by atoms with Crippen molar-refractivity contribution >= 4 is 34.5 Å². The number of hydrogen-bond acceptors (Lipinski definition) is 5. The highest BCUT2D eigenvalue weighted by molar-refractivity contribution is 7.99. The van der Waals surface area contributed by atoms with Gasteiger partial charge < -0.3 is 0 Å². The largest absolute Gasteiger partial charge is 0.274 e. The molecule has 28 heavy (non-hydrogen) atoms. The van der Waals surface area contributed by atoms with Crippen LogP contribution in [-0.2, 0) is 0 Å². The van der Waals surface area contributed by atoms with Crippen LogP contribution in [0.1, 0.15) is 44.7 Å². The lowest BCUT2D eigenvalue weighted by Crippen LogP contribution is -2.30. The minimum atomic E-state index is -0.180. The first-order chi connectivity index (χ1) is 13.6. The fourth-order valence-electron chi connectivity index (χ4n) is 3.39. The highest BCUT2D eigenvalue weighted by Gasteiger charge is 2.34. The molecular formula is C22H21N3O2S. The minimum Gasteiger partial charge on any atom is -0.274 e. The Labute approximate surface area is 168 Å². The van der Waals surface area contributed by atoms with Gasteiger partial charge >= 0.3 is 0 Å². The summed E-state index contributed by atoms with van der Waals surface area (Å²) >= 11 is 1.70. The summed E-state index contributed by atoms with van der Waals surface area (Å²) in [7, 11) is 0. The van der Waals surface area contributed by atoms with Gasteiger partial charge in [0.2, 0.25) is 0 Å². The number of imide groups is 1. The molecule has 0 unspecified atom stereocenters. The van der Waals surface area contributed by atoms with Crippen molar-refractivity contribution in [2.24, 2.45) is 0 Å². The molecule has 0 aliphatic carbocycles. The fraction of sp³-hybridized carbons (Fsp3) is 0.273. The van der Waals surface area contributed by atoms with Crippen LogP contribution in [0.5, 0.6) is 0 Å². The Balaban J connectivity index is 1.34. The summed E-state index contributed by atoms with van der Waals surface area (Å²) in [5.74, 6) is 0.518. The topological polar surface area (TPSA) is 63.2 Å². The van der Waals surface area contributed by atoms with E-state index in [1.165, 1.54) is 16.0 Å². The van der Waals surface area contributed by atoms with Gasteiger partial charge in [-0.15, -0.1) is 11.8 Å². The molecule has 142 valence electrons. The van der Waals surface area contributed by atoms with Gasteiger partial charge in [-0.25, -0.2) is 9.97 Å². The smallest absolute Gasteiger partial charge is 0.261 e. The van der Waals surface area contributed by atoms with Crippen LogP contribution in [0, 0.1) is 13.8 Å². The molecule has 0 fully saturated rings. The maximum atomic E-state index is 12.4. The van der Waals surface area contributed by atoms with Crippen molar-refractivity contribution in [2.75, 3.05) is 12.3 Å². The zero-order chi connectivity index (χ0) is 19.7. The predicted molar refractivity (Wildman–Crippen MR) is 111 cm³/mol. The zero-order valence-corrected chi connectivity index (χ0v) is 16.8. The number of aryl methyl sites for hydroxylation is 2. The molecule has 3 aromatic rings. The van der Waals surface area contributed by atoms with Crippen molar-refractivity contribution in [3.63, 3.8) is 0 Å². The molecule has 1 aliphatic heterocycles. The van der Waals surface area contributed by atoms with Crippen LogP contribution in [0.25, 0.3) is 10.9 Å². The Hall–Kier alpha value is -2.73. The van der Waals surface area contributed by atoms with Gasteiger partial charge in [-0.2, -0.15) is 0 Å². The van der Waals surface area contributed by atoms with Gasteiger partial charge in [-0.1, -0.05) is 12.1 Å². The zero-order valence-electron chi connectivity index (χ0n) is 15.9. The number of unbranched alkanes of at least 4 members (excludes halogenated alkanes) is 1. The standard InChI is InChI=1S/C22H21N3O2S/c1-14-11-18-19(12-15(14)2)23-13-24-20(18)28-10-6-5-9-25-21(26)16-7-3-4-8-17(16)22(25)27/h3-4,7-8,11-13H,5-6,9-10H2,1-2H3. The van der Waals surface area contributed by atoms with E-state index in [0.717, 1.165) is 34.5 Å². The van der Waals surface area contributed by atoms with E-state index in [4.69, 9.17) is 0 Å². The van der Waals surface area contributed by atoms with Crippen molar-refractivity contribution < 1.29 is 9.59 Å². The van der Waals surface area contributed by atoms with Gasteiger partial charge in [-0.3, -0.25) is 14.5 Å².